The van der Waals surface area contributed by atoms with Crippen LogP contribution in [0.25, 0.3) is 0 Å². The van der Waals surface area contributed by atoms with Crippen molar-refractivity contribution < 1.29 is 9.90 Å². The van der Waals surface area contributed by atoms with E-state index in [0.29, 0.717) is 18.4 Å². The van der Waals surface area contributed by atoms with Crippen LogP contribution in [0.4, 0.5) is 0 Å². The van der Waals surface area contributed by atoms with E-state index in [4.69, 9.17) is 10.8 Å². The largest absolute Gasteiger partial charge is 0.481 e. The lowest BCUT2D eigenvalue weighted by Crippen LogP contribution is -2.46. The van der Waals surface area contributed by atoms with Gasteiger partial charge in [0.25, 0.3) is 0 Å². The van der Waals surface area contributed by atoms with Gasteiger partial charge in [0.1, 0.15) is 0 Å². The van der Waals surface area contributed by atoms with Gasteiger partial charge in [-0.1, -0.05) is 13.8 Å². The van der Waals surface area contributed by atoms with Gasteiger partial charge in [-0.3, -0.25) is 4.79 Å². The highest BCUT2D eigenvalue weighted by Crippen LogP contribution is 2.50. The molecule has 0 spiro atoms. The van der Waals surface area contributed by atoms with E-state index in [1.807, 2.05) is 0 Å². The summed E-state index contributed by atoms with van der Waals surface area (Å²) in [6, 6.07) is 0. The molecule has 0 bridgehead atoms. The first-order chi connectivity index (χ1) is 5.99. The molecular weight excluding hydrogens is 166 g/mol. The number of rotatable bonds is 4. The Morgan fingerprint density at radius 3 is 2.46 bits per heavy atom. The zero-order valence-electron chi connectivity index (χ0n) is 8.42. The summed E-state index contributed by atoms with van der Waals surface area (Å²) in [5, 5.41) is 8.71. The van der Waals surface area contributed by atoms with Crippen LogP contribution in [0.15, 0.2) is 0 Å². The van der Waals surface area contributed by atoms with E-state index in [9.17, 15) is 4.79 Å². The molecule has 0 unspecified atom stereocenters. The first kappa shape index (κ1) is 10.5. The number of carboxylic acids is 1. The van der Waals surface area contributed by atoms with E-state index in [0.717, 1.165) is 12.8 Å². The highest BCUT2D eigenvalue weighted by molar-refractivity contribution is 5.68. The third kappa shape index (κ3) is 2.21. The molecule has 0 aromatic heterocycles. The molecule has 0 atom stereocenters. The Bertz CT molecular complexity index is 195. The first-order valence-electron chi connectivity index (χ1n) is 4.91. The Hall–Kier alpha value is -0.570. The Morgan fingerprint density at radius 2 is 2.15 bits per heavy atom. The Labute approximate surface area is 79.3 Å². The summed E-state index contributed by atoms with van der Waals surface area (Å²) in [5.74, 6) is 0.629. The predicted molar refractivity (Wildman–Crippen MR) is 51.3 cm³/mol. The lowest BCUT2D eigenvalue weighted by molar-refractivity contribution is -0.142. The van der Waals surface area contributed by atoms with Gasteiger partial charge in [-0.2, -0.15) is 0 Å². The second kappa shape index (κ2) is 3.66. The molecule has 0 aromatic carbocycles. The van der Waals surface area contributed by atoms with Crippen LogP contribution < -0.4 is 5.73 Å². The summed E-state index contributed by atoms with van der Waals surface area (Å²) in [5.41, 5.74) is 5.53. The van der Waals surface area contributed by atoms with Crippen LogP contribution in [-0.4, -0.2) is 17.6 Å². The Morgan fingerprint density at radius 1 is 1.62 bits per heavy atom. The molecule has 3 N–H and O–H groups in total. The maximum Gasteiger partial charge on any atom is 0.303 e. The maximum atomic E-state index is 10.6. The molecule has 1 rings (SSSR count). The zero-order chi connectivity index (χ0) is 10.1. The van der Waals surface area contributed by atoms with Crippen LogP contribution in [0.3, 0.4) is 0 Å². The van der Waals surface area contributed by atoms with Gasteiger partial charge >= 0.3 is 5.97 Å². The van der Waals surface area contributed by atoms with Gasteiger partial charge in [-0.25, -0.2) is 0 Å². The molecule has 76 valence electrons. The summed E-state index contributed by atoms with van der Waals surface area (Å²) in [6.45, 7) is 4.89. The standard InChI is InChI=1S/C10H19NO2/c1-7(2)8-3-10(4-8,6-11)5-9(12)13/h7-8H,3-6,11H2,1-2H3,(H,12,13)/t8-,10+. The van der Waals surface area contributed by atoms with Crippen molar-refractivity contribution in [1.29, 1.82) is 0 Å². The van der Waals surface area contributed by atoms with Crippen molar-refractivity contribution >= 4 is 5.97 Å². The summed E-state index contributed by atoms with van der Waals surface area (Å²) < 4.78 is 0. The van der Waals surface area contributed by atoms with Crippen molar-refractivity contribution in [2.24, 2.45) is 23.0 Å². The van der Waals surface area contributed by atoms with Crippen LogP contribution in [-0.2, 0) is 4.79 Å². The topological polar surface area (TPSA) is 63.3 Å². The molecule has 0 heterocycles. The first-order valence-corrected chi connectivity index (χ1v) is 4.91. The van der Waals surface area contributed by atoms with Crippen LogP contribution in [0.1, 0.15) is 33.1 Å². The zero-order valence-corrected chi connectivity index (χ0v) is 8.42. The van der Waals surface area contributed by atoms with Gasteiger partial charge < -0.3 is 10.8 Å². The fraction of sp³-hybridized carbons (Fsp3) is 0.900. The van der Waals surface area contributed by atoms with E-state index < -0.39 is 5.97 Å². The van der Waals surface area contributed by atoms with Crippen LogP contribution in [0.2, 0.25) is 0 Å². The van der Waals surface area contributed by atoms with E-state index in [1.54, 1.807) is 0 Å². The SMILES string of the molecule is CC(C)[C@H]1C[C@](CN)(CC(=O)O)C1. The van der Waals surface area contributed by atoms with Crippen molar-refractivity contribution in [3.63, 3.8) is 0 Å². The van der Waals surface area contributed by atoms with Gasteiger partial charge in [0, 0.05) is 0 Å². The normalized spacial score (nSPS) is 33.1. The molecule has 1 fully saturated rings. The number of nitrogens with two attached hydrogens (primary N) is 1. The average Bonchev–Trinajstić information content (AvgIpc) is 1.94. The van der Waals surface area contributed by atoms with Gasteiger partial charge in [0.2, 0.25) is 0 Å². The van der Waals surface area contributed by atoms with Gasteiger partial charge in [-0.15, -0.1) is 0 Å². The highest BCUT2D eigenvalue weighted by atomic mass is 16.4. The molecular formula is C10H19NO2. The third-order valence-electron chi connectivity index (χ3n) is 3.29. The second-order valence-corrected chi connectivity index (χ2v) is 4.69. The maximum absolute atomic E-state index is 10.6. The van der Waals surface area contributed by atoms with Crippen molar-refractivity contribution in [2.45, 2.75) is 33.1 Å². The minimum absolute atomic E-state index is 0.0826. The Kier molecular flexibility index (Phi) is 2.96. The molecule has 13 heavy (non-hydrogen) atoms. The molecule has 0 radical (unpaired) electrons. The van der Waals surface area contributed by atoms with Crippen LogP contribution >= 0.6 is 0 Å². The number of hydrogen-bond acceptors (Lipinski definition) is 2. The Balaban J connectivity index is 2.45. The molecule has 0 saturated heterocycles. The van der Waals surface area contributed by atoms with E-state index >= 15 is 0 Å². The molecule has 0 aromatic rings. The minimum Gasteiger partial charge on any atom is -0.481 e. The molecule has 1 saturated carbocycles. The van der Waals surface area contributed by atoms with E-state index in [1.165, 1.54) is 0 Å². The summed E-state index contributed by atoms with van der Waals surface area (Å²) in [4.78, 5) is 10.6. The molecule has 0 amide bonds. The number of aliphatic carboxylic acids is 1. The average molecular weight is 185 g/mol. The van der Waals surface area contributed by atoms with E-state index in [2.05, 4.69) is 13.8 Å². The smallest absolute Gasteiger partial charge is 0.303 e. The lowest BCUT2D eigenvalue weighted by atomic mass is 9.57. The summed E-state index contributed by atoms with van der Waals surface area (Å²) >= 11 is 0. The summed E-state index contributed by atoms with van der Waals surface area (Å²) in [7, 11) is 0. The molecule has 3 heteroatoms. The number of carbonyl (C=O) groups is 1. The molecule has 0 aliphatic heterocycles. The molecule has 3 nitrogen and oxygen atoms in total. The number of carboxylic acid groups (broad SMARTS) is 1. The van der Waals surface area contributed by atoms with Crippen LogP contribution in [0.5, 0.6) is 0 Å². The van der Waals surface area contributed by atoms with Crippen LogP contribution in [0, 0.1) is 17.3 Å². The molecule has 1 aliphatic carbocycles. The van der Waals surface area contributed by atoms with Gasteiger partial charge in [-0.05, 0) is 36.6 Å². The van der Waals surface area contributed by atoms with Crippen molar-refractivity contribution in [3.8, 4) is 0 Å². The van der Waals surface area contributed by atoms with E-state index in [-0.39, 0.29) is 11.8 Å². The third-order valence-corrected chi connectivity index (χ3v) is 3.29. The monoisotopic (exact) mass is 185 g/mol. The minimum atomic E-state index is -0.715. The predicted octanol–water partition coefficient (Wildman–Crippen LogP) is 1.47. The van der Waals surface area contributed by atoms with Crippen molar-refractivity contribution in [2.75, 3.05) is 6.54 Å². The van der Waals surface area contributed by atoms with Gasteiger partial charge in [0.05, 0.1) is 6.42 Å². The fourth-order valence-electron chi connectivity index (χ4n) is 2.23. The number of hydrogen-bond donors (Lipinski definition) is 2. The summed E-state index contributed by atoms with van der Waals surface area (Å²) in [6.07, 6.45) is 2.23. The van der Waals surface area contributed by atoms with Crippen molar-refractivity contribution in [1.82, 2.24) is 0 Å². The van der Waals surface area contributed by atoms with Gasteiger partial charge in [0.15, 0.2) is 0 Å². The highest BCUT2D eigenvalue weighted by Gasteiger charge is 2.45. The lowest BCUT2D eigenvalue weighted by Gasteiger charge is -2.48. The molecule has 1 aliphatic rings. The quantitative estimate of drug-likeness (QED) is 0.697. The second-order valence-electron chi connectivity index (χ2n) is 4.69. The van der Waals surface area contributed by atoms with Crippen molar-refractivity contribution in [3.05, 3.63) is 0 Å². The fourth-order valence-corrected chi connectivity index (χ4v) is 2.23.